The van der Waals surface area contributed by atoms with Crippen molar-refractivity contribution in [2.24, 2.45) is 0 Å². The van der Waals surface area contributed by atoms with E-state index in [0.29, 0.717) is 10.7 Å². The first-order valence-electron chi connectivity index (χ1n) is 8.46. The van der Waals surface area contributed by atoms with Gasteiger partial charge in [-0.15, -0.1) is 17.5 Å². The number of nitrogens with one attached hydrogen (secondary N) is 2. The van der Waals surface area contributed by atoms with Crippen LogP contribution in [0, 0.1) is 0 Å². The Morgan fingerprint density at radius 1 is 1.37 bits per heavy atom. The lowest BCUT2D eigenvalue weighted by atomic mass is 10.1. The molecule has 0 radical (unpaired) electrons. The van der Waals surface area contributed by atoms with Crippen LogP contribution in [0.4, 0.5) is 5.69 Å². The lowest BCUT2D eigenvalue weighted by Gasteiger charge is -2.22. The topological polar surface area (TPSA) is 92.2 Å². The Balaban J connectivity index is 0.00000261. The van der Waals surface area contributed by atoms with Crippen molar-refractivity contribution >= 4 is 41.5 Å². The maximum Gasteiger partial charge on any atom is 0.276 e. The zero-order valence-corrected chi connectivity index (χ0v) is 16.5. The standard InChI is InChI=1S/C17H21ClN6O2.ClH/c1-23(11-16(25)20-13-4-2-3-12(18)9-13)17(26)15-10-24(22-21-15)14-5-7-19-8-6-14;/h2-4,9-10,14,19H,5-8,11H2,1H3,(H,20,25);1H. The molecule has 0 saturated carbocycles. The first-order chi connectivity index (χ1) is 12.5. The second-order valence-electron chi connectivity index (χ2n) is 6.28. The smallest absolute Gasteiger partial charge is 0.276 e. The Bertz CT molecular complexity index is 791. The number of benzene rings is 1. The Labute approximate surface area is 168 Å². The minimum Gasteiger partial charge on any atom is -0.331 e. The number of aromatic nitrogens is 3. The van der Waals surface area contributed by atoms with E-state index in [1.807, 2.05) is 0 Å². The van der Waals surface area contributed by atoms with Crippen LogP contribution in [0.25, 0.3) is 0 Å². The second kappa shape index (κ2) is 9.68. The second-order valence-corrected chi connectivity index (χ2v) is 6.72. The summed E-state index contributed by atoms with van der Waals surface area (Å²) in [4.78, 5) is 25.9. The van der Waals surface area contributed by atoms with Gasteiger partial charge in [0.05, 0.1) is 18.8 Å². The average Bonchev–Trinajstić information content (AvgIpc) is 3.11. The fourth-order valence-electron chi connectivity index (χ4n) is 2.87. The molecular formula is C17H22Cl2N6O2. The molecule has 10 heteroatoms. The zero-order chi connectivity index (χ0) is 18.5. The summed E-state index contributed by atoms with van der Waals surface area (Å²) in [5, 5.41) is 14.6. The number of rotatable bonds is 5. The molecular weight excluding hydrogens is 391 g/mol. The van der Waals surface area contributed by atoms with Crippen LogP contribution in [0.2, 0.25) is 5.02 Å². The Hall–Kier alpha value is -2.16. The van der Waals surface area contributed by atoms with E-state index in [1.54, 1.807) is 42.2 Å². The van der Waals surface area contributed by atoms with Gasteiger partial charge in [-0.05, 0) is 44.1 Å². The van der Waals surface area contributed by atoms with Crippen LogP contribution in [0.3, 0.4) is 0 Å². The van der Waals surface area contributed by atoms with Gasteiger partial charge in [0.15, 0.2) is 5.69 Å². The summed E-state index contributed by atoms with van der Waals surface area (Å²) in [5.74, 6) is -0.653. The highest BCUT2D eigenvalue weighted by Crippen LogP contribution is 2.17. The van der Waals surface area contributed by atoms with Gasteiger partial charge in [0.25, 0.3) is 5.91 Å². The fourth-order valence-corrected chi connectivity index (χ4v) is 3.06. The summed E-state index contributed by atoms with van der Waals surface area (Å²) >= 11 is 5.89. The number of carbonyl (C=O) groups is 2. The minimum absolute atomic E-state index is 0. The van der Waals surface area contributed by atoms with Crippen molar-refractivity contribution < 1.29 is 9.59 Å². The van der Waals surface area contributed by atoms with Crippen LogP contribution in [0.15, 0.2) is 30.5 Å². The van der Waals surface area contributed by atoms with E-state index in [0.717, 1.165) is 25.9 Å². The molecule has 2 amide bonds. The highest BCUT2D eigenvalue weighted by atomic mass is 35.5. The normalized spacial score (nSPS) is 14.3. The van der Waals surface area contributed by atoms with Gasteiger partial charge in [0, 0.05) is 17.8 Å². The summed E-state index contributed by atoms with van der Waals surface area (Å²) in [6.45, 7) is 1.76. The number of piperidine rings is 1. The lowest BCUT2D eigenvalue weighted by Crippen LogP contribution is -2.35. The first kappa shape index (κ1) is 21.1. The third-order valence-electron chi connectivity index (χ3n) is 4.25. The van der Waals surface area contributed by atoms with E-state index in [1.165, 1.54) is 4.90 Å². The SMILES string of the molecule is CN(CC(=O)Nc1cccc(Cl)c1)C(=O)c1cn(C2CCNCC2)nn1.Cl. The average molecular weight is 413 g/mol. The third kappa shape index (κ3) is 5.66. The number of hydrogen-bond acceptors (Lipinski definition) is 5. The van der Waals surface area contributed by atoms with Crippen molar-refractivity contribution in [3.8, 4) is 0 Å². The Kier molecular flexibility index (Phi) is 7.58. The molecule has 1 aromatic carbocycles. The summed E-state index contributed by atoms with van der Waals surface area (Å²) in [6, 6.07) is 7.09. The summed E-state index contributed by atoms with van der Waals surface area (Å²) in [7, 11) is 1.56. The molecule has 2 aromatic rings. The van der Waals surface area contributed by atoms with Gasteiger partial charge in [-0.1, -0.05) is 22.9 Å². The van der Waals surface area contributed by atoms with E-state index in [9.17, 15) is 9.59 Å². The molecule has 1 fully saturated rings. The van der Waals surface area contributed by atoms with Crippen molar-refractivity contribution in [2.45, 2.75) is 18.9 Å². The molecule has 0 unspecified atom stereocenters. The number of anilines is 1. The molecule has 0 atom stereocenters. The van der Waals surface area contributed by atoms with Crippen LogP contribution in [0.1, 0.15) is 29.4 Å². The first-order valence-corrected chi connectivity index (χ1v) is 8.84. The zero-order valence-electron chi connectivity index (χ0n) is 14.9. The monoisotopic (exact) mass is 412 g/mol. The summed E-state index contributed by atoms with van der Waals surface area (Å²) in [6.07, 6.45) is 3.56. The Morgan fingerprint density at radius 3 is 2.81 bits per heavy atom. The van der Waals surface area contributed by atoms with Gasteiger partial charge in [-0.2, -0.15) is 0 Å². The van der Waals surface area contributed by atoms with Crippen molar-refractivity contribution in [3.05, 3.63) is 41.2 Å². The number of likely N-dealkylation sites (N-methyl/N-ethyl adjacent to an activating group) is 1. The molecule has 27 heavy (non-hydrogen) atoms. The fraction of sp³-hybridized carbons (Fsp3) is 0.412. The van der Waals surface area contributed by atoms with Crippen LogP contribution < -0.4 is 10.6 Å². The van der Waals surface area contributed by atoms with Crippen LogP contribution in [0.5, 0.6) is 0 Å². The molecule has 0 aliphatic carbocycles. The van der Waals surface area contributed by atoms with Gasteiger partial charge in [-0.25, -0.2) is 4.68 Å². The molecule has 146 valence electrons. The number of nitrogens with zero attached hydrogens (tertiary/aromatic N) is 4. The van der Waals surface area contributed by atoms with Crippen molar-refractivity contribution in [3.63, 3.8) is 0 Å². The molecule has 1 aliphatic rings. The quantitative estimate of drug-likeness (QED) is 0.782. The molecule has 1 aliphatic heterocycles. The summed E-state index contributed by atoms with van der Waals surface area (Å²) < 4.78 is 1.74. The van der Waals surface area contributed by atoms with E-state index in [2.05, 4.69) is 20.9 Å². The van der Waals surface area contributed by atoms with E-state index in [-0.39, 0.29) is 42.5 Å². The molecule has 3 rings (SSSR count). The summed E-state index contributed by atoms with van der Waals surface area (Å²) in [5.41, 5.74) is 0.821. The minimum atomic E-state index is -0.341. The number of amides is 2. The van der Waals surface area contributed by atoms with Crippen molar-refractivity contribution in [2.75, 3.05) is 32.0 Å². The maximum atomic E-state index is 12.5. The van der Waals surface area contributed by atoms with Crippen LogP contribution >= 0.6 is 24.0 Å². The highest BCUT2D eigenvalue weighted by molar-refractivity contribution is 6.30. The lowest BCUT2D eigenvalue weighted by molar-refractivity contribution is -0.116. The molecule has 1 aromatic heterocycles. The predicted molar refractivity (Wildman–Crippen MR) is 105 cm³/mol. The van der Waals surface area contributed by atoms with Crippen LogP contribution in [-0.2, 0) is 4.79 Å². The number of carbonyl (C=O) groups excluding carboxylic acids is 2. The number of halogens is 2. The molecule has 8 nitrogen and oxygen atoms in total. The van der Waals surface area contributed by atoms with E-state index < -0.39 is 0 Å². The molecule has 1 saturated heterocycles. The number of hydrogen-bond donors (Lipinski definition) is 2. The van der Waals surface area contributed by atoms with E-state index in [4.69, 9.17) is 11.6 Å². The molecule has 2 N–H and O–H groups in total. The van der Waals surface area contributed by atoms with Gasteiger partial charge >= 0.3 is 0 Å². The largest absolute Gasteiger partial charge is 0.331 e. The molecule has 0 bridgehead atoms. The van der Waals surface area contributed by atoms with Gasteiger partial charge in [-0.3, -0.25) is 9.59 Å². The van der Waals surface area contributed by atoms with Crippen molar-refractivity contribution in [1.29, 1.82) is 0 Å². The third-order valence-corrected chi connectivity index (χ3v) is 4.48. The van der Waals surface area contributed by atoms with Gasteiger partial charge < -0.3 is 15.5 Å². The maximum absolute atomic E-state index is 12.5. The predicted octanol–water partition coefficient (Wildman–Crippen LogP) is 1.99. The van der Waals surface area contributed by atoms with Crippen molar-refractivity contribution in [1.82, 2.24) is 25.2 Å². The Morgan fingerprint density at radius 2 is 2.11 bits per heavy atom. The van der Waals surface area contributed by atoms with Gasteiger partial charge in [0.1, 0.15) is 0 Å². The highest BCUT2D eigenvalue weighted by Gasteiger charge is 2.21. The molecule has 0 spiro atoms. The van der Waals surface area contributed by atoms with Gasteiger partial charge in [0.2, 0.25) is 5.91 Å². The van der Waals surface area contributed by atoms with Crippen LogP contribution in [-0.4, -0.2) is 58.4 Å². The van der Waals surface area contributed by atoms with E-state index >= 15 is 0 Å². The molecule has 2 heterocycles.